The quantitative estimate of drug-likeness (QED) is 0.305. The molecule has 158 valence electrons. The van der Waals surface area contributed by atoms with Crippen LogP contribution >= 0.6 is 23.1 Å². The maximum Gasteiger partial charge on any atom is 0.316 e. The van der Waals surface area contributed by atoms with Crippen LogP contribution in [0.1, 0.15) is 44.1 Å². The van der Waals surface area contributed by atoms with Gasteiger partial charge in [-0.25, -0.2) is 4.98 Å². The first-order valence-electron chi connectivity index (χ1n) is 10.4. The predicted molar refractivity (Wildman–Crippen MR) is 123 cm³/mol. The van der Waals surface area contributed by atoms with Gasteiger partial charge in [0.15, 0.2) is 5.16 Å². The van der Waals surface area contributed by atoms with Crippen molar-refractivity contribution in [3.63, 3.8) is 0 Å². The van der Waals surface area contributed by atoms with E-state index in [-0.39, 0.29) is 23.4 Å². The van der Waals surface area contributed by atoms with Crippen LogP contribution in [0.15, 0.2) is 40.3 Å². The second-order valence-corrected chi connectivity index (χ2v) is 9.93. The Morgan fingerprint density at radius 2 is 2.13 bits per heavy atom. The number of benzene rings is 1. The second-order valence-electron chi connectivity index (χ2n) is 7.90. The van der Waals surface area contributed by atoms with Crippen molar-refractivity contribution < 1.29 is 9.53 Å². The minimum atomic E-state index is -0.289. The number of hydrogen-bond acceptors (Lipinski definition) is 6. The SMILES string of the molecule is CCC(C)OC(=O)CSc1nc2sc3c(c2c(=O)n1-c1ccccc1)CCC(C)C3. The Morgan fingerprint density at radius 1 is 1.37 bits per heavy atom. The van der Waals surface area contributed by atoms with E-state index in [1.807, 2.05) is 44.2 Å². The van der Waals surface area contributed by atoms with Gasteiger partial charge in [0.25, 0.3) is 5.56 Å². The van der Waals surface area contributed by atoms with Gasteiger partial charge in [0.2, 0.25) is 0 Å². The van der Waals surface area contributed by atoms with Crippen molar-refractivity contribution in [2.75, 3.05) is 5.75 Å². The van der Waals surface area contributed by atoms with Crippen LogP contribution in [0.5, 0.6) is 0 Å². The minimum Gasteiger partial charge on any atom is -0.462 e. The number of aromatic nitrogens is 2. The third-order valence-electron chi connectivity index (χ3n) is 5.54. The number of esters is 1. The van der Waals surface area contributed by atoms with Crippen molar-refractivity contribution in [3.05, 3.63) is 51.1 Å². The Balaban J connectivity index is 1.78. The van der Waals surface area contributed by atoms with Crippen LogP contribution in [0.3, 0.4) is 0 Å². The van der Waals surface area contributed by atoms with Gasteiger partial charge in [-0.2, -0.15) is 0 Å². The van der Waals surface area contributed by atoms with Gasteiger partial charge < -0.3 is 4.74 Å². The first-order chi connectivity index (χ1) is 14.5. The Bertz CT molecular complexity index is 1120. The van der Waals surface area contributed by atoms with Crippen molar-refractivity contribution in [2.24, 2.45) is 5.92 Å². The van der Waals surface area contributed by atoms with Gasteiger partial charge in [0.1, 0.15) is 4.83 Å². The zero-order chi connectivity index (χ0) is 21.3. The normalized spacial score (nSPS) is 17.0. The number of thiophene rings is 1. The van der Waals surface area contributed by atoms with Crippen LogP contribution in [0.2, 0.25) is 0 Å². The fourth-order valence-corrected chi connectivity index (χ4v) is 5.96. The zero-order valence-electron chi connectivity index (χ0n) is 17.5. The van der Waals surface area contributed by atoms with Crippen LogP contribution < -0.4 is 5.56 Å². The van der Waals surface area contributed by atoms with Crippen molar-refractivity contribution >= 4 is 39.3 Å². The number of carbonyl (C=O) groups excluding carboxylic acids is 1. The molecule has 0 bridgehead atoms. The third-order valence-corrected chi connectivity index (χ3v) is 7.60. The van der Waals surface area contributed by atoms with Gasteiger partial charge in [-0.05, 0) is 56.2 Å². The van der Waals surface area contributed by atoms with E-state index in [1.54, 1.807) is 15.9 Å². The summed E-state index contributed by atoms with van der Waals surface area (Å²) in [6.45, 7) is 6.12. The highest BCUT2D eigenvalue weighted by atomic mass is 32.2. The Hall–Kier alpha value is -2.12. The van der Waals surface area contributed by atoms with Crippen molar-refractivity contribution in [1.29, 1.82) is 0 Å². The number of ether oxygens (including phenoxy) is 1. The molecule has 0 spiro atoms. The lowest BCUT2D eigenvalue weighted by molar-refractivity contribution is -0.144. The van der Waals surface area contributed by atoms with E-state index in [0.29, 0.717) is 11.1 Å². The highest BCUT2D eigenvalue weighted by molar-refractivity contribution is 7.99. The Morgan fingerprint density at radius 3 is 2.87 bits per heavy atom. The van der Waals surface area contributed by atoms with Crippen LogP contribution in [-0.4, -0.2) is 27.4 Å². The van der Waals surface area contributed by atoms with E-state index in [0.717, 1.165) is 41.6 Å². The first kappa shape index (κ1) is 21.1. The number of fused-ring (bicyclic) bond motifs is 3. The minimum absolute atomic E-state index is 0.0453. The molecule has 0 amide bonds. The fourth-order valence-electron chi connectivity index (χ4n) is 3.74. The molecule has 1 aromatic carbocycles. The molecule has 2 unspecified atom stereocenters. The molecule has 2 atom stereocenters. The molecule has 2 heterocycles. The van der Waals surface area contributed by atoms with Crippen LogP contribution in [0.25, 0.3) is 15.9 Å². The highest BCUT2D eigenvalue weighted by Crippen LogP contribution is 2.37. The lowest BCUT2D eigenvalue weighted by Gasteiger charge is -2.18. The maximum atomic E-state index is 13.6. The van der Waals surface area contributed by atoms with Gasteiger partial charge in [-0.3, -0.25) is 14.2 Å². The molecule has 0 saturated carbocycles. The summed E-state index contributed by atoms with van der Waals surface area (Å²) in [7, 11) is 0. The topological polar surface area (TPSA) is 61.2 Å². The van der Waals surface area contributed by atoms with E-state index in [1.165, 1.54) is 22.2 Å². The molecule has 0 saturated heterocycles. The molecule has 0 N–H and O–H groups in total. The number of hydrogen-bond donors (Lipinski definition) is 0. The average molecular weight is 443 g/mol. The molecule has 2 aromatic heterocycles. The van der Waals surface area contributed by atoms with E-state index in [9.17, 15) is 9.59 Å². The molecule has 0 aliphatic heterocycles. The summed E-state index contributed by atoms with van der Waals surface area (Å²) in [6.07, 6.45) is 3.69. The molecule has 1 aliphatic rings. The monoisotopic (exact) mass is 442 g/mol. The molecule has 5 nitrogen and oxygen atoms in total. The zero-order valence-corrected chi connectivity index (χ0v) is 19.1. The van der Waals surface area contributed by atoms with Gasteiger partial charge in [0, 0.05) is 4.88 Å². The van der Waals surface area contributed by atoms with E-state index in [4.69, 9.17) is 9.72 Å². The number of nitrogens with zero attached hydrogens (tertiary/aromatic N) is 2. The molecule has 0 fully saturated rings. The largest absolute Gasteiger partial charge is 0.462 e. The summed E-state index contributed by atoms with van der Waals surface area (Å²) in [4.78, 5) is 32.8. The smallest absolute Gasteiger partial charge is 0.316 e. The van der Waals surface area contributed by atoms with E-state index >= 15 is 0 Å². The Kier molecular flexibility index (Phi) is 6.29. The second kappa shape index (κ2) is 8.94. The maximum absolute atomic E-state index is 13.6. The summed E-state index contributed by atoms with van der Waals surface area (Å²) >= 11 is 2.89. The van der Waals surface area contributed by atoms with Crippen molar-refractivity contribution in [1.82, 2.24) is 9.55 Å². The van der Waals surface area contributed by atoms with Gasteiger partial charge >= 0.3 is 5.97 Å². The summed E-state index contributed by atoms with van der Waals surface area (Å²) in [6, 6.07) is 9.53. The van der Waals surface area contributed by atoms with Crippen LogP contribution in [0.4, 0.5) is 0 Å². The van der Waals surface area contributed by atoms with E-state index in [2.05, 4.69) is 6.92 Å². The highest BCUT2D eigenvalue weighted by Gasteiger charge is 2.25. The molecule has 30 heavy (non-hydrogen) atoms. The molecule has 7 heteroatoms. The number of rotatable bonds is 6. The van der Waals surface area contributed by atoms with Crippen LogP contribution in [0, 0.1) is 5.92 Å². The fraction of sp³-hybridized carbons (Fsp3) is 0.435. The van der Waals surface area contributed by atoms with Crippen LogP contribution in [-0.2, 0) is 22.4 Å². The third kappa shape index (κ3) is 4.18. The lowest BCUT2D eigenvalue weighted by Crippen LogP contribution is -2.23. The number of aryl methyl sites for hydroxylation is 1. The summed E-state index contributed by atoms with van der Waals surface area (Å²) in [5, 5.41) is 1.28. The summed E-state index contributed by atoms with van der Waals surface area (Å²) in [5.74, 6) is 0.464. The Labute approximate surface area is 184 Å². The molecule has 3 aromatic rings. The standard InChI is InChI=1S/C23H26N2O3S2/c1-4-15(3)28-19(26)13-29-23-24-21-20(17-11-10-14(2)12-18(17)30-21)22(27)25(23)16-8-6-5-7-9-16/h5-9,14-15H,4,10-13H2,1-3H3. The number of carbonyl (C=O) groups is 1. The lowest BCUT2D eigenvalue weighted by atomic mass is 9.89. The van der Waals surface area contributed by atoms with Crippen molar-refractivity contribution in [3.8, 4) is 5.69 Å². The van der Waals surface area contributed by atoms with Gasteiger partial charge in [0.05, 0.1) is 22.9 Å². The number of para-hydroxylation sites is 1. The summed E-state index contributed by atoms with van der Waals surface area (Å²) < 4.78 is 7.04. The van der Waals surface area contributed by atoms with Gasteiger partial charge in [-0.1, -0.05) is 43.8 Å². The average Bonchev–Trinajstić information content (AvgIpc) is 3.10. The predicted octanol–water partition coefficient (Wildman–Crippen LogP) is 5.01. The molecule has 1 aliphatic carbocycles. The summed E-state index contributed by atoms with van der Waals surface area (Å²) in [5.41, 5.74) is 1.89. The molecular weight excluding hydrogens is 416 g/mol. The van der Waals surface area contributed by atoms with Crippen molar-refractivity contribution in [2.45, 2.75) is 57.7 Å². The first-order valence-corrected chi connectivity index (χ1v) is 12.2. The molecule has 4 rings (SSSR count). The van der Waals surface area contributed by atoms with E-state index < -0.39 is 0 Å². The molecular formula is C23H26N2O3S2. The molecule has 0 radical (unpaired) electrons. The number of thioether (sulfide) groups is 1. The van der Waals surface area contributed by atoms with Gasteiger partial charge in [-0.15, -0.1) is 11.3 Å².